The maximum atomic E-state index is 12.3. The summed E-state index contributed by atoms with van der Waals surface area (Å²) in [6, 6.07) is 10.2. The largest absolute Gasteiger partial charge is 0.497 e. The molecule has 6 heteroatoms. The van der Waals surface area contributed by atoms with Crippen molar-refractivity contribution in [2.24, 2.45) is 0 Å². The Bertz CT molecular complexity index is 654. The summed E-state index contributed by atoms with van der Waals surface area (Å²) in [6.45, 7) is 0. The average molecular weight is 371 g/mol. The van der Waals surface area contributed by atoms with E-state index in [1.54, 1.807) is 36.4 Å². The van der Waals surface area contributed by atoms with Gasteiger partial charge in [0.25, 0.3) is 5.91 Å². The van der Waals surface area contributed by atoms with Crippen LogP contribution < -0.4 is 14.8 Å². The van der Waals surface area contributed by atoms with Gasteiger partial charge in [0.05, 0.1) is 24.9 Å². The van der Waals surface area contributed by atoms with E-state index in [-0.39, 0.29) is 5.91 Å². The highest BCUT2D eigenvalue weighted by molar-refractivity contribution is 9.10. The molecule has 0 fully saturated rings. The summed E-state index contributed by atoms with van der Waals surface area (Å²) in [5, 5.41) is 3.22. The summed E-state index contributed by atoms with van der Waals surface area (Å²) in [5.74, 6) is 0.784. The van der Waals surface area contributed by atoms with Gasteiger partial charge in [0.2, 0.25) is 0 Å². The third kappa shape index (κ3) is 3.89. The zero-order chi connectivity index (χ0) is 15.4. The Balaban J connectivity index is 2.29. The van der Waals surface area contributed by atoms with Crippen molar-refractivity contribution in [2.45, 2.75) is 0 Å². The molecule has 0 atom stereocenters. The quantitative estimate of drug-likeness (QED) is 0.869. The number of nitrogens with one attached hydrogen (secondary N) is 1. The SMILES string of the molecule is COc1cc(OC)cc(C(=O)Nc2cc(Br)ccc2Cl)c1. The van der Waals surface area contributed by atoms with E-state index in [0.29, 0.717) is 27.8 Å². The van der Waals surface area contributed by atoms with Gasteiger partial charge in [-0.15, -0.1) is 0 Å². The lowest BCUT2D eigenvalue weighted by Crippen LogP contribution is -2.12. The molecule has 0 aliphatic heterocycles. The maximum absolute atomic E-state index is 12.3. The summed E-state index contributed by atoms with van der Waals surface area (Å²) in [7, 11) is 3.06. The van der Waals surface area contributed by atoms with Crippen LogP contribution in [0.1, 0.15) is 10.4 Å². The first-order valence-corrected chi connectivity index (χ1v) is 7.20. The van der Waals surface area contributed by atoms with E-state index < -0.39 is 0 Å². The maximum Gasteiger partial charge on any atom is 0.255 e. The first-order valence-electron chi connectivity index (χ1n) is 6.03. The molecular formula is C15H13BrClNO3. The first kappa shape index (κ1) is 15.7. The molecule has 0 saturated carbocycles. The molecule has 0 aliphatic rings. The zero-order valence-corrected chi connectivity index (χ0v) is 13.8. The molecule has 0 aromatic heterocycles. The number of ether oxygens (including phenoxy) is 2. The molecule has 2 aromatic rings. The second-order valence-corrected chi connectivity index (χ2v) is 5.50. The van der Waals surface area contributed by atoms with E-state index in [0.717, 1.165) is 4.47 Å². The summed E-state index contributed by atoms with van der Waals surface area (Å²) >= 11 is 9.40. The monoisotopic (exact) mass is 369 g/mol. The van der Waals surface area contributed by atoms with Gasteiger partial charge in [0, 0.05) is 16.1 Å². The van der Waals surface area contributed by atoms with Crippen molar-refractivity contribution in [3.8, 4) is 11.5 Å². The van der Waals surface area contributed by atoms with Crippen molar-refractivity contribution in [3.63, 3.8) is 0 Å². The van der Waals surface area contributed by atoms with Crippen molar-refractivity contribution in [1.29, 1.82) is 0 Å². The number of hydrogen-bond donors (Lipinski definition) is 1. The van der Waals surface area contributed by atoms with Gasteiger partial charge >= 0.3 is 0 Å². The molecule has 0 unspecified atom stereocenters. The molecule has 2 aromatic carbocycles. The third-order valence-corrected chi connectivity index (χ3v) is 3.61. The molecule has 4 nitrogen and oxygen atoms in total. The lowest BCUT2D eigenvalue weighted by molar-refractivity contribution is 0.102. The lowest BCUT2D eigenvalue weighted by atomic mass is 10.2. The fraction of sp³-hybridized carbons (Fsp3) is 0.133. The Morgan fingerprint density at radius 1 is 1.10 bits per heavy atom. The molecular weight excluding hydrogens is 358 g/mol. The van der Waals surface area contributed by atoms with Crippen molar-refractivity contribution in [1.82, 2.24) is 0 Å². The number of halogens is 2. The molecule has 0 radical (unpaired) electrons. The van der Waals surface area contributed by atoms with Gasteiger partial charge in [-0.3, -0.25) is 4.79 Å². The summed E-state index contributed by atoms with van der Waals surface area (Å²) in [5.41, 5.74) is 0.945. The second kappa shape index (κ2) is 6.83. The Hall–Kier alpha value is -1.72. The van der Waals surface area contributed by atoms with Crippen LogP contribution in [-0.4, -0.2) is 20.1 Å². The minimum atomic E-state index is -0.299. The first-order chi connectivity index (χ1) is 10.0. The Morgan fingerprint density at radius 3 is 2.29 bits per heavy atom. The average Bonchev–Trinajstić information content (AvgIpc) is 2.50. The van der Waals surface area contributed by atoms with E-state index in [1.807, 2.05) is 0 Å². The van der Waals surface area contributed by atoms with Crippen LogP contribution in [0.4, 0.5) is 5.69 Å². The third-order valence-electron chi connectivity index (χ3n) is 2.79. The molecule has 2 rings (SSSR count). The van der Waals surface area contributed by atoms with E-state index in [4.69, 9.17) is 21.1 Å². The van der Waals surface area contributed by atoms with E-state index in [2.05, 4.69) is 21.2 Å². The summed E-state index contributed by atoms with van der Waals surface area (Å²) in [4.78, 5) is 12.3. The minimum absolute atomic E-state index is 0.299. The van der Waals surface area contributed by atoms with E-state index >= 15 is 0 Å². The lowest BCUT2D eigenvalue weighted by Gasteiger charge is -2.10. The van der Waals surface area contributed by atoms with Gasteiger partial charge in [-0.2, -0.15) is 0 Å². The fourth-order valence-corrected chi connectivity index (χ4v) is 2.25. The number of anilines is 1. The van der Waals surface area contributed by atoms with Crippen molar-refractivity contribution in [3.05, 3.63) is 51.5 Å². The van der Waals surface area contributed by atoms with Crippen molar-refractivity contribution >= 4 is 39.1 Å². The topological polar surface area (TPSA) is 47.6 Å². The van der Waals surface area contributed by atoms with Crippen molar-refractivity contribution in [2.75, 3.05) is 19.5 Å². The van der Waals surface area contributed by atoms with E-state index in [1.165, 1.54) is 14.2 Å². The zero-order valence-electron chi connectivity index (χ0n) is 11.4. The van der Waals surface area contributed by atoms with Gasteiger partial charge in [-0.1, -0.05) is 27.5 Å². The van der Waals surface area contributed by atoms with Crippen LogP contribution >= 0.6 is 27.5 Å². The standard InChI is InChI=1S/C15H13BrClNO3/c1-20-11-5-9(6-12(8-11)21-2)15(19)18-14-7-10(16)3-4-13(14)17/h3-8H,1-2H3,(H,18,19). The van der Waals surface area contributed by atoms with Crippen LogP contribution in [0, 0.1) is 0 Å². The highest BCUT2D eigenvalue weighted by Gasteiger charge is 2.12. The number of methoxy groups -OCH3 is 2. The van der Waals surface area contributed by atoms with Gasteiger partial charge in [0.15, 0.2) is 0 Å². The molecule has 0 bridgehead atoms. The van der Waals surface area contributed by atoms with Gasteiger partial charge in [-0.05, 0) is 30.3 Å². The molecule has 1 N–H and O–H groups in total. The number of carbonyl (C=O) groups excluding carboxylic acids is 1. The number of hydrogen-bond acceptors (Lipinski definition) is 3. The molecule has 0 spiro atoms. The van der Waals surface area contributed by atoms with Crippen LogP contribution in [0.2, 0.25) is 5.02 Å². The number of amides is 1. The molecule has 0 saturated heterocycles. The normalized spacial score (nSPS) is 10.1. The highest BCUT2D eigenvalue weighted by Crippen LogP contribution is 2.27. The van der Waals surface area contributed by atoms with Gasteiger partial charge < -0.3 is 14.8 Å². The number of carbonyl (C=O) groups is 1. The Morgan fingerprint density at radius 2 is 1.71 bits per heavy atom. The van der Waals surface area contributed by atoms with Crippen LogP contribution in [0.5, 0.6) is 11.5 Å². The number of benzene rings is 2. The summed E-state index contributed by atoms with van der Waals surface area (Å²) < 4.78 is 11.1. The van der Waals surface area contributed by atoms with Crippen LogP contribution in [0.25, 0.3) is 0 Å². The van der Waals surface area contributed by atoms with Gasteiger partial charge in [0.1, 0.15) is 11.5 Å². The molecule has 1 amide bonds. The number of rotatable bonds is 4. The summed E-state index contributed by atoms with van der Waals surface area (Å²) in [6.07, 6.45) is 0. The van der Waals surface area contributed by atoms with Crippen LogP contribution in [0.3, 0.4) is 0 Å². The second-order valence-electron chi connectivity index (χ2n) is 4.18. The van der Waals surface area contributed by atoms with Crippen LogP contribution in [0.15, 0.2) is 40.9 Å². The highest BCUT2D eigenvalue weighted by atomic mass is 79.9. The van der Waals surface area contributed by atoms with Crippen LogP contribution in [-0.2, 0) is 0 Å². The Kier molecular flexibility index (Phi) is 5.09. The van der Waals surface area contributed by atoms with Gasteiger partial charge in [-0.25, -0.2) is 0 Å². The molecule has 0 heterocycles. The van der Waals surface area contributed by atoms with Crippen molar-refractivity contribution < 1.29 is 14.3 Å². The Labute approximate surface area is 136 Å². The smallest absolute Gasteiger partial charge is 0.255 e. The predicted molar refractivity (Wildman–Crippen MR) is 86.7 cm³/mol. The van der Waals surface area contributed by atoms with E-state index in [9.17, 15) is 4.79 Å². The molecule has 110 valence electrons. The minimum Gasteiger partial charge on any atom is -0.497 e. The molecule has 21 heavy (non-hydrogen) atoms. The predicted octanol–water partition coefficient (Wildman–Crippen LogP) is 4.37. The fourth-order valence-electron chi connectivity index (χ4n) is 1.73. The molecule has 0 aliphatic carbocycles.